The molecule has 0 spiro atoms. The highest BCUT2D eigenvalue weighted by molar-refractivity contribution is 5.97. The van der Waals surface area contributed by atoms with E-state index in [4.69, 9.17) is 0 Å². The molecule has 2 aromatic heterocycles. The standard InChI is InChI=1S/C26H21N3O/c1-19-16-28-17-24(20(19)2)10-9-21-5-3-7-23(13-21)26(30)15-22-6-4-8-25(14-22)29-12-11-27-18-29/h3-8,11-14,16-18H,15H2,1-2H3. The molecule has 0 amide bonds. The summed E-state index contributed by atoms with van der Waals surface area (Å²) in [6.07, 6.45) is 9.31. The number of imidazole rings is 1. The van der Waals surface area contributed by atoms with Crippen molar-refractivity contribution >= 4 is 5.78 Å². The summed E-state index contributed by atoms with van der Waals surface area (Å²) >= 11 is 0. The Balaban J connectivity index is 1.53. The Morgan fingerprint density at radius 3 is 2.70 bits per heavy atom. The molecule has 0 fully saturated rings. The molecule has 0 saturated carbocycles. The normalized spacial score (nSPS) is 10.3. The summed E-state index contributed by atoms with van der Waals surface area (Å²) in [6, 6.07) is 15.4. The van der Waals surface area contributed by atoms with Gasteiger partial charge in [-0.2, -0.15) is 0 Å². The van der Waals surface area contributed by atoms with Crippen LogP contribution >= 0.6 is 0 Å². The van der Waals surface area contributed by atoms with E-state index in [1.165, 1.54) is 0 Å². The van der Waals surface area contributed by atoms with Crippen molar-refractivity contribution in [1.29, 1.82) is 0 Å². The van der Waals surface area contributed by atoms with Gasteiger partial charge in [0.25, 0.3) is 0 Å². The minimum atomic E-state index is 0.0647. The molecule has 0 saturated heterocycles. The van der Waals surface area contributed by atoms with Gasteiger partial charge in [0.2, 0.25) is 0 Å². The van der Waals surface area contributed by atoms with Gasteiger partial charge in [-0.15, -0.1) is 0 Å². The maximum Gasteiger partial charge on any atom is 0.167 e. The molecule has 146 valence electrons. The van der Waals surface area contributed by atoms with E-state index in [9.17, 15) is 4.79 Å². The summed E-state index contributed by atoms with van der Waals surface area (Å²) in [5.74, 6) is 6.40. The largest absolute Gasteiger partial charge is 0.306 e. The number of benzene rings is 2. The summed E-state index contributed by atoms with van der Waals surface area (Å²) in [5, 5.41) is 0. The Kier molecular flexibility index (Phi) is 5.54. The molecule has 2 heterocycles. The van der Waals surface area contributed by atoms with Crippen LogP contribution < -0.4 is 0 Å². The van der Waals surface area contributed by atoms with Crippen LogP contribution in [0.5, 0.6) is 0 Å². The predicted octanol–water partition coefficient (Wildman–Crippen LogP) is 4.71. The van der Waals surface area contributed by atoms with Crippen molar-refractivity contribution in [2.75, 3.05) is 0 Å². The van der Waals surface area contributed by atoms with Gasteiger partial charge < -0.3 is 4.57 Å². The number of Topliss-reactive ketones (excluding diaryl/α,β-unsaturated/α-hetero) is 1. The van der Waals surface area contributed by atoms with E-state index >= 15 is 0 Å². The van der Waals surface area contributed by atoms with E-state index < -0.39 is 0 Å². The van der Waals surface area contributed by atoms with Crippen LogP contribution in [0.25, 0.3) is 5.69 Å². The zero-order valence-corrected chi connectivity index (χ0v) is 17.0. The van der Waals surface area contributed by atoms with Gasteiger partial charge in [0, 0.05) is 53.6 Å². The van der Waals surface area contributed by atoms with E-state index in [0.717, 1.165) is 33.5 Å². The molecule has 4 rings (SSSR count). The number of pyridine rings is 1. The average molecular weight is 391 g/mol. The molecule has 0 aliphatic heterocycles. The number of hydrogen-bond donors (Lipinski definition) is 0. The number of carbonyl (C=O) groups is 1. The first-order chi connectivity index (χ1) is 14.6. The fourth-order valence-corrected chi connectivity index (χ4v) is 3.19. The number of rotatable bonds is 4. The number of aryl methyl sites for hydroxylation is 1. The molecule has 4 aromatic rings. The van der Waals surface area contributed by atoms with Crippen LogP contribution in [0.15, 0.2) is 79.6 Å². The molecule has 4 nitrogen and oxygen atoms in total. The Labute approximate surface area is 176 Å². The first kappa shape index (κ1) is 19.4. The van der Waals surface area contributed by atoms with Crippen molar-refractivity contribution in [3.8, 4) is 17.5 Å². The van der Waals surface area contributed by atoms with Gasteiger partial charge >= 0.3 is 0 Å². The predicted molar refractivity (Wildman–Crippen MR) is 118 cm³/mol. The van der Waals surface area contributed by atoms with Crippen LogP contribution in [0.3, 0.4) is 0 Å². The highest BCUT2D eigenvalue weighted by Crippen LogP contribution is 2.14. The molecular weight excluding hydrogens is 370 g/mol. The van der Waals surface area contributed by atoms with Crippen LogP contribution in [0.4, 0.5) is 0 Å². The Bertz CT molecular complexity index is 1260. The van der Waals surface area contributed by atoms with Crippen molar-refractivity contribution in [3.05, 3.63) is 113 Å². The fourth-order valence-electron chi connectivity index (χ4n) is 3.19. The number of hydrogen-bond acceptors (Lipinski definition) is 3. The summed E-state index contributed by atoms with van der Waals surface area (Å²) in [6.45, 7) is 4.06. The summed E-state index contributed by atoms with van der Waals surface area (Å²) in [4.78, 5) is 21.1. The molecular formula is C26H21N3O. The van der Waals surface area contributed by atoms with Crippen molar-refractivity contribution in [2.45, 2.75) is 20.3 Å². The molecule has 0 unspecified atom stereocenters. The second-order valence-corrected chi connectivity index (χ2v) is 7.20. The van der Waals surface area contributed by atoms with Crippen LogP contribution in [0.2, 0.25) is 0 Å². The van der Waals surface area contributed by atoms with Gasteiger partial charge in [0.1, 0.15) is 0 Å². The van der Waals surface area contributed by atoms with Crippen LogP contribution in [-0.2, 0) is 6.42 Å². The monoisotopic (exact) mass is 391 g/mol. The van der Waals surface area contributed by atoms with Crippen LogP contribution in [0, 0.1) is 25.7 Å². The second kappa shape index (κ2) is 8.59. The molecule has 0 atom stereocenters. The van der Waals surface area contributed by atoms with Crippen molar-refractivity contribution in [2.24, 2.45) is 0 Å². The molecule has 4 heteroatoms. The van der Waals surface area contributed by atoms with E-state index in [0.29, 0.717) is 12.0 Å². The maximum absolute atomic E-state index is 12.9. The molecule has 0 aliphatic carbocycles. The van der Waals surface area contributed by atoms with Crippen LogP contribution in [-0.4, -0.2) is 20.3 Å². The van der Waals surface area contributed by atoms with Gasteiger partial charge in [-0.05, 0) is 54.8 Å². The van der Waals surface area contributed by atoms with Gasteiger partial charge in [0.15, 0.2) is 5.78 Å². The minimum absolute atomic E-state index is 0.0647. The summed E-state index contributed by atoms with van der Waals surface area (Å²) in [7, 11) is 0. The maximum atomic E-state index is 12.9. The SMILES string of the molecule is Cc1cncc(C#Cc2cccc(C(=O)Cc3cccc(-n4ccnc4)c3)c2)c1C. The lowest BCUT2D eigenvalue weighted by Gasteiger charge is -2.06. The lowest BCUT2D eigenvalue weighted by molar-refractivity contribution is 0.0993. The van der Waals surface area contributed by atoms with Gasteiger partial charge in [-0.25, -0.2) is 4.98 Å². The molecule has 2 aromatic carbocycles. The van der Waals surface area contributed by atoms with E-state index in [-0.39, 0.29) is 5.78 Å². The Hall–Kier alpha value is -3.97. The molecule has 0 N–H and O–H groups in total. The smallest absolute Gasteiger partial charge is 0.167 e. The molecule has 0 bridgehead atoms. The Morgan fingerprint density at radius 2 is 1.87 bits per heavy atom. The van der Waals surface area contributed by atoms with Gasteiger partial charge in [0.05, 0.1) is 6.33 Å². The number of carbonyl (C=O) groups excluding carboxylic acids is 1. The molecule has 30 heavy (non-hydrogen) atoms. The van der Waals surface area contributed by atoms with Gasteiger partial charge in [-0.1, -0.05) is 36.1 Å². The first-order valence-corrected chi connectivity index (χ1v) is 9.74. The summed E-state index contributed by atoms with van der Waals surface area (Å²) in [5.41, 5.74) is 6.57. The van der Waals surface area contributed by atoms with Crippen molar-refractivity contribution in [1.82, 2.24) is 14.5 Å². The molecule has 0 radical (unpaired) electrons. The minimum Gasteiger partial charge on any atom is -0.306 e. The highest BCUT2D eigenvalue weighted by Gasteiger charge is 2.09. The zero-order valence-electron chi connectivity index (χ0n) is 17.0. The summed E-state index contributed by atoms with van der Waals surface area (Å²) < 4.78 is 1.92. The van der Waals surface area contributed by atoms with Crippen molar-refractivity contribution < 1.29 is 4.79 Å². The zero-order chi connectivity index (χ0) is 20.9. The number of nitrogens with zero attached hydrogens (tertiary/aromatic N) is 3. The van der Waals surface area contributed by atoms with Gasteiger partial charge in [-0.3, -0.25) is 9.78 Å². The highest BCUT2D eigenvalue weighted by atomic mass is 16.1. The Morgan fingerprint density at radius 1 is 1.00 bits per heavy atom. The van der Waals surface area contributed by atoms with Crippen molar-refractivity contribution in [3.63, 3.8) is 0 Å². The van der Waals surface area contributed by atoms with E-state index in [2.05, 4.69) is 21.8 Å². The third-order valence-electron chi connectivity index (χ3n) is 5.07. The van der Waals surface area contributed by atoms with Crippen LogP contribution in [0.1, 0.15) is 38.2 Å². The van der Waals surface area contributed by atoms with E-state index in [1.807, 2.05) is 79.3 Å². The topological polar surface area (TPSA) is 47.8 Å². The third-order valence-corrected chi connectivity index (χ3v) is 5.07. The number of ketones is 1. The number of aromatic nitrogens is 3. The third kappa shape index (κ3) is 4.37. The lowest BCUT2D eigenvalue weighted by Crippen LogP contribution is -2.04. The molecule has 0 aliphatic rings. The second-order valence-electron chi connectivity index (χ2n) is 7.20. The van der Waals surface area contributed by atoms with E-state index in [1.54, 1.807) is 18.7 Å². The average Bonchev–Trinajstić information content (AvgIpc) is 3.30. The fraction of sp³-hybridized carbons (Fsp3) is 0.115. The quantitative estimate of drug-likeness (QED) is 0.374. The lowest BCUT2D eigenvalue weighted by atomic mass is 10.0. The first-order valence-electron chi connectivity index (χ1n) is 9.74.